The number of nitro benzene ring substituents is 1. The number of rotatable bonds is 3. The van der Waals surface area contributed by atoms with Crippen LogP contribution in [0, 0.1) is 10.1 Å². The molecule has 0 amide bonds. The summed E-state index contributed by atoms with van der Waals surface area (Å²) < 4.78 is 1.60. The van der Waals surface area contributed by atoms with Gasteiger partial charge in [-0.15, -0.1) is 5.10 Å². The van der Waals surface area contributed by atoms with Crippen LogP contribution in [0.25, 0.3) is 28.4 Å². The van der Waals surface area contributed by atoms with Crippen molar-refractivity contribution < 1.29 is 4.92 Å². The molecule has 0 radical (unpaired) electrons. The molecule has 0 unspecified atom stereocenters. The number of benzene rings is 2. The summed E-state index contributed by atoms with van der Waals surface area (Å²) in [6.45, 7) is 0. The van der Waals surface area contributed by atoms with Gasteiger partial charge >= 0.3 is 0 Å². The van der Waals surface area contributed by atoms with Crippen LogP contribution in [0.2, 0.25) is 0 Å². The standard InChI is InChI=1S/C17H11N5O2/c23-22(24)14-8-4-7-13(11-14)15-9-10-18-17-19-16(20-21(15)17)12-5-2-1-3-6-12/h1-11H. The molecule has 0 aliphatic heterocycles. The molecule has 2 heterocycles. The highest BCUT2D eigenvalue weighted by molar-refractivity contribution is 5.65. The maximum atomic E-state index is 11.0. The third kappa shape index (κ3) is 2.38. The van der Waals surface area contributed by atoms with Crippen LogP contribution in [0.15, 0.2) is 66.9 Å². The van der Waals surface area contributed by atoms with Gasteiger partial charge in [-0.1, -0.05) is 42.5 Å². The summed E-state index contributed by atoms with van der Waals surface area (Å²) >= 11 is 0. The first kappa shape index (κ1) is 14.0. The van der Waals surface area contributed by atoms with Gasteiger partial charge in [-0.3, -0.25) is 10.1 Å². The Hall–Kier alpha value is -3.61. The highest BCUT2D eigenvalue weighted by atomic mass is 16.6. The Morgan fingerprint density at radius 3 is 2.54 bits per heavy atom. The van der Waals surface area contributed by atoms with Crippen LogP contribution in [-0.2, 0) is 0 Å². The quantitative estimate of drug-likeness (QED) is 0.427. The first-order chi connectivity index (χ1) is 11.7. The molecule has 0 aliphatic rings. The second kappa shape index (κ2) is 5.54. The van der Waals surface area contributed by atoms with Crippen LogP contribution in [0.5, 0.6) is 0 Å². The van der Waals surface area contributed by atoms with Crippen molar-refractivity contribution in [2.75, 3.05) is 0 Å². The van der Waals surface area contributed by atoms with Crippen molar-refractivity contribution in [1.29, 1.82) is 0 Å². The summed E-state index contributed by atoms with van der Waals surface area (Å²) in [7, 11) is 0. The molecule has 0 aliphatic carbocycles. The Labute approximate surface area is 136 Å². The monoisotopic (exact) mass is 317 g/mol. The molecule has 0 fully saturated rings. The van der Waals surface area contributed by atoms with Crippen LogP contribution in [-0.4, -0.2) is 24.5 Å². The smallest absolute Gasteiger partial charge is 0.258 e. The van der Waals surface area contributed by atoms with E-state index in [0.29, 0.717) is 22.9 Å². The first-order valence-electron chi connectivity index (χ1n) is 7.24. The predicted molar refractivity (Wildman–Crippen MR) is 88.3 cm³/mol. The van der Waals surface area contributed by atoms with Crippen molar-refractivity contribution in [3.63, 3.8) is 0 Å². The molecule has 0 bridgehead atoms. The predicted octanol–water partition coefficient (Wildman–Crippen LogP) is 3.37. The second-order valence-corrected chi connectivity index (χ2v) is 5.15. The van der Waals surface area contributed by atoms with Gasteiger partial charge in [0, 0.05) is 29.5 Å². The molecular formula is C17H11N5O2. The molecule has 7 nitrogen and oxygen atoms in total. The molecule has 7 heteroatoms. The minimum absolute atomic E-state index is 0.0286. The maximum Gasteiger partial charge on any atom is 0.270 e. The average Bonchev–Trinajstić information content (AvgIpc) is 3.07. The fraction of sp³-hybridized carbons (Fsp3) is 0. The fourth-order valence-electron chi connectivity index (χ4n) is 2.50. The molecule has 24 heavy (non-hydrogen) atoms. The van der Waals surface area contributed by atoms with Gasteiger partial charge < -0.3 is 0 Å². The average molecular weight is 317 g/mol. The molecule has 4 rings (SSSR count). The van der Waals surface area contributed by atoms with Crippen molar-refractivity contribution in [1.82, 2.24) is 19.6 Å². The highest BCUT2D eigenvalue weighted by Gasteiger charge is 2.13. The Balaban J connectivity index is 1.89. The van der Waals surface area contributed by atoms with Gasteiger partial charge in [0.15, 0.2) is 5.82 Å². The molecule has 0 N–H and O–H groups in total. The Bertz CT molecular complexity index is 1040. The van der Waals surface area contributed by atoms with E-state index in [1.165, 1.54) is 12.1 Å². The van der Waals surface area contributed by atoms with E-state index in [1.54, 1.807) is 28.9 Å². The SMILES string of the molecule is O=[N+]([O-])c1cccc(-c2ccnc3nc(-c4ccccc4)nn23)c1. The molecular weight excluding hydrogens is 306 g/mol. The van der Waals surface area contributed by atoms with Crippen molar-refractivity contribution in [2.24, 2.45) is 0 Å². The third-order valence-electron chi connectivity index (χ3n) is 3.63. The summed E-state index contributed by atoms with van der Waals surface area (Å²) in [5.41, 5.74) is 2.29. The molecule has 0 saturated heterocycles. The van der Waals surface area contributed by atoms with E-state index in [1.807, 2.05) is 30.3 Å². The van der Waals surface area contributed by atoms with Gasteiger partial charge in [0.05, 0.1) is 10.6 Å². The Morgan fingerprint density at radius 2 is 1.75 bits per heavy atom. The van der Waals surface area contributed by atoms with E-state index in [-0.39, 0.29) is 5.69 Å². The minimum Gasteiger partial charge on any atom is -0.258 e. The fourth-order valence-corrected chi connectivity index (χ4v) is 2.50. The lowest BCUT2D eigenvalue weighted by Crippen LogP contribution is -1.96. The zero-order chi connectivity index (χ0) is 16.5. The summed E-state index contributed by atoms with van der Waals surface area (Å²) in [5.74, 6) is 0.999. The number of hydrogen-bond donors (Lipinski definition) is 0. The van der Waals surface area contributed by atoms with E-state index in [2.05, 4.69) is 15.1 Å². The maximum absolute atomic E-state index is 11.0. The molecule has 0 spiro atoms. The van der Waals surface area contributed by atoms with E-state index in [0.717, 1.165) is 5.56 Å². The first-order valence-corrected chi connectivity index (χ1v) is 7.24. The van der Waals surface area contributed by atoms with Gasteiger partial charge in [-0.05, 0) is 6.07 Å². The zero-order valence-corrected chi connectivity index (χ0v) is 12.4. The number of nitro groups is 1. The van der Waals surface area contributed by atoms with Crippen molar-refractivity contribution in [3.8, 4) is 22.6 Å². The van der Waals surface area contributed by atoms with Crippen LogP contribution in [0.1, 0.15) is 0 Å². The summed E-state index contributed by atoms with van der Waals surface area (Å²) in [6.07, 6.45) is 1.62. The summed E-state index contributed by atoms with van der Waals surface area (Å²) in [6, 6.07) is 17.8. The number of aromatic nitrogens is 4. The van der Waals surface area contributed by atoms with Crippen molar-refractivity contribution >= 4 is 11.5 Å². The lowest BCUT2D eigenvalue weighted by Gasteiger charge is -2.03. The Kier molecular flexibility index (Phi) is 3.24. The Morgan fingerprint density at radius 1 is 0.958 bits per heavy atom. The normalized spacial score (nSPS) is 10.8. The van der Waals surface area contributed by atoms with Gasteiger partial charge in [0.1, 0.15) is 0 Å². The topological polar surface area (TPSA) is 86.2 Å². The number of nitrogens with zero attached hydrogens (tertiary/aromatic N) is 5. The minimum atomic E-state index is -0.418. The largest absolute Gasteiger partial charge is 0.270 e. The van der Waals surface area contributed by atoms with Gasteiger partial charge in [0.2, 0.25) is 0 Å². The van der Waals surface area contributed by atoms with Gasteiger partial charge in [-0.25, -0.2) is 4.98 Å². The number of non-ortho nitro benzene ring substituents is 1. The molecule has 4 aromatic rings. The van der Waals surface area contributed by atoms with E-state index in [9.17, 15) is 10.1 Å². The van der Waals surface area contributed by atoms with E-state index >= 15 is 0 Å². The van der Waals surface area contributed by atoms with Crippen LogP contribution < -0.4 is 0 Å². The lowest BCUT2D eigenvalue weighted by atomic mass is 10.1. The van der Waals surface area contributed by atoms with E-state index < -0.39 is 4.92 Å². The van der Waals surface area contributed by atoms with Crippen molar-refractivity contribution in [2.45, 2.75) is 0 Å². The van der Waals surface area contributed by atoms with Crippen LogP contribution in [0.3, 0.4) is 0 Å². The molecule has 2 aromatic heterocycles. The van der Waals surface area contributed by atoms with Crippen LogP contribution in [0.4, 0.5) is 5.69 Å². The molecule has 0 saturated carbocycles. The molecule has 116 valence electrons. The molecule has 2 aromatic carbocycles. The second-order valence-electron chi connectivity index (χ2n) is 5.15. The van der Waals surface area contributed by atoms with Gasteiger partial charge in [0.25, 0.3) is 11.5 Å². The summed E-state index contributed by atoms with van der Waals surface area (Å²) in [5, 5.41) is 15.5. The van der Waals surface area contributed by atoms with Crippen LogP contribution >= 0.6 is 0 Å². The third-order valence-corrected chi connectivity index (χ3v) is 3.63. The molecule has 0 atom stereocenters. The zero-order valence-electron chi connectivity index (χ0n) is 12.4. The lowest BCUT2D eigenvalue weighted by molar-refractivity contribution is -0.384. The highest BCUT2D eigenvalue weighted by Crippen LogP contribution is 2.24. The van der Waals surface area contributed by atoms with E-state index in [4.69, 9.17) is 0 Å². The van der Waals surface area contributed by atoms with Gasteiger partial charge in [-0.2, -0.15) is 9.50 Å². The summed E-state index contributed by atoms with van der Waals surface area (Å²) in [4.78, 5) is 19.2. The number of hydrogen-bond acceptors (Lipinski definition) is 5. The van der Waals surface area contributed by atoms with Crippen molar-refractivity contribution in [3.05, 3.63) is 77.0 Å². The number of fused-ring (bicyclic) bond motifs is 1.